The first-order chi connectivity index (χ1) is 15.7. The Bertz CT molecular complexity index is 1250. The van der Waals surface area contributed by atoms with Gasteiger partial charge in [0, 0.05) is 37.3 Å². The fourth-order valence-corrected chi connectivity index (χ4v) is 4.32. The number of rotatable bonds is 3. The molecule has 160 valence electrons. The lowest BCUT2D eigenvalue weighted by molar-refractivity contribution is 0.0766. The highest BCUT2D eigenvalue weighted by Crippen LogP contribution is 2.30. The van der Waals surface area contributed by atoms with Gasteiger partial charge in [-0.1, -0.05) is 60.7 Å². The highest BCUT2D eigenvalue weighted by Gasteiger charge is 2.24. The third-order valence-corrected chi connectivity index (χ3v) is 6.06. The number of anilines is 1. The van der Waals surface area contributed by atoms with E-state index in [1.54, 1.807) is 0 Å². The molecule has 1 aromatic heterocycles. The van der Waals surface area contributed by atoms with Crippen molar-refractivity contribution in [3.8, 4) is 11.3 Å². The monoisotopic (exact) mass is 422 g/mol. The normalized spacial score (nSPS) is 14.4. The third kappa shape index (κ3) is 3.94. The van der Waals surface area contributed by atoms with Gasteiger partial charge in [-0.25, -0.2) is 9.97 Å². The van der Waals surface area contributed by atoms with Crippen LogP contribution in [-0.2, 0) is 0 Å². The van der Waals surface area contributed by atoms with E-state index in [2.05, 4.69) is 17.0 Å². The van der Waals surface area contributed by atoms with Crippen molar-refractivity contribution in [2.24, 2.45) is 0 Å². The van der Waals surface area contributed by atoms with Gasteiger partial charge in [-0.2, -0.15) is 0 Å². The second-order valence-corrected chi connectivity index (χ2v) is 8.20. The summed E-state index contributed by atoms with van der Waals surface area (Å²) in [5.74, 6) is 0.998. The number of para-hydroxylation sites is 2. The molecule has 5 nitrogen and oxygen atoms in total. The first-order valence-corrected chi connectivity index (χ1v) is 11.1. The molecule has 5 rings (SSSR count). The predicted octanol–water partition coefficient (Wildman–Crippen LogP) is 4.96. The van der Waals surface area contributed by atoms with Crippen LogP contribution in [0.4, 0.5) is 5.82 Å². The molecule has 1 aliphatic rings. The Labute approximate surface area is 188 Å². The molecule has 2 heterocycles. The summed E-state index contributed by atoms with van der Waals surface area (Å²) in [6.07, 6.45) is 0.889. The molecule has 5 heteroatoms. The molecule has 1 fully saturated rings. The Morgan fingerprint density at radius 3 is 2.22 bits per heavy atom. The number of benzene rings is 3. The quantitative estimate of drug-likeness (QED) is 0.468. The SMILES string of the molecule is Cc1ccccc1C(=O)N1CCCN(c2nc3ccccc3nc2-c2ccccc2)CC1. The fourth-order valence-electron chi connectivity index (χ4n) is 4.32. The summed E-state index contributed by atoms with van der Waals surface area (Å²) >= 11 is 0. The molecular weight excluding hydrogens is 396 g/mol. The van der Waals surface area contributed by atoms with Crippen molar-refractivity contribution >= 4 is 22.8 Å². The summed E-state index contributed by atoms with van der Waals surface area (Å²) < 4.78 is 0. The zero-order valence-corrected chi connectivity index (χ0v) is 18.2. The molecule has 0 radical (unpaired) electrons. The van der Waals surface area contributed by atoms with Gasteiger partial charge in [0.2, 0.25) is 0 Å². The molecule has 4 aromatic rings. The van der Waals surface area contributed by atoms with E-state index in [0.29, 0.717) is 6.54 Å². The molecular formula is C27H26N4O. The molecule has 0 bridgehead atoms. The first kappa shape index (κ1) is 20.2. The molecule has 0 spiro atoms. The summed E-state index contributed by atoms with van der Waals surface area (Å²) in [7, 11) is 0. The van der Waals surface area contributed by atoms with Crippen molar-refractivity contribution in [2.75, 3.05) is 31.1 Å². The molecule has 0 N–H and O–H groups in total. The Hall–Kier alpha value is -3.73. The number of nitrogens with zero attached hydrogens (tertiary/aromatic N) is 4. The van der Waals surface area contributed by atoms with Gasteiger partial charge < -0.3 is 9.80 Å². The van der Waals surface area contributed by atoms with Gasteiger partial charge >= 0.3 is 0 Å². The minimum absolute atomic E-state index is 0.109. The predicted molar refractivity (Wildman–Crippen MR) is 129 cm³/mol. The summed E-state index contributed by atoms with van der Waals surface area (Å²) in [6.45, 7) is 4.96. The Morgan fingerprint density at radius 2 is 1.44 bits per heavy atom. The van der Waals surface area contributed by atoms with Crippen LogP contribution < -0.4 is 4.90 Å². The third-order valence-electron chi connectivity index (χ3n) is 6.06. The van der Waals surface area contributed by atoms with Crippen LogP contribution in [0.1, 0.15) is 22.3 Å². The van der Waals surface area contributed by atoms with Gasteiger partial charge in [0.05, 0.1) is 11.0 Å². The van der Waals surface area contributed by atoms with Crippen molar-refractivity contribution in [3.63, 3.8) is 0 Å². The van der Waals surface area contributed by atoms with E-state index in [1.165, 1.54) is 0 Å². The van der Waals surface area contributed by atoms with Crippen molar-refractivity contribution < 1.29 is 4.79 Å². The van der Waals surface area contributed by atoms with E-state index < -0.39 is 0 Å². The summed E-state index contributed by atoms with van der Waals surface area (Å²) in [5, 5.41) is 0. The highest BCUT2D eigenvalue weighted by molar-refractivity contribution is 5.95. The number of carbonyl (C=O) groups excluding carboxylic acids is 1. The van der Waals surface area contributed by atoms with Gasteiger partial charge in [0.1, 0.15) is 5.69 Å². The zero-order valence-electron chi connectivity index (χ0n) is 18.2. The van der Waals surface area contributed by atoms with Crippen molar-refractivity contribution in [2.45, 2.75) is 13.3 Å². The van der Waals surface area contributed by atoms with Crippen molar-refractivity contribution in [3.05, 3.63) is 90.0 Å². The standard InChI is InChI=1S/C27H26N4O/c1-20-10-5-6-13-22(20)27(32)31-17-9-16-30(18-19-31)26-25(21-11-3-2-4-12-21)28-23-14-7-8-15-24(23)29-26/h2-8,10-15H,9,16-19H2,1H3. The van der Waals surface area contributed by atoms with Crippen LogP contribution in [0.25, 0.3) is 22.3 Å². The first-order valence-electron chi connectivity index (χ1n) is 11.1. The van der Waals surface area contributed by atoms with Crippen molar-refractivity contribution in [1.29, 1.82) is 0 Å². The highest BCUT2D eigenvalue weighted by atomic mass is 16.2. The Balaban J connectivity index is 1.47. The van der Waals surface area contributed by atoms with Crippen LogP contribution in [0.2, 0.25) is 0 Å². The summed E-state index contributed by atoms with van der Waals surface area (Å²) in [5.41, 5.74) is 5.53. The maximum Gasteiger partial charge on any atom is 0.254 e. The van der Waals surface area contributed by atoms with E-state index in [0.717, 1.165) is 65.3 Å². The lowest BCUT2D eigenvalue weighted by Gasteiger charge is -2.25. The van der Waals surface area contributed by atoms with E-state index in [-0.39, 0.29) is 5.91 Å². The molecule has 32 heavy (non-hydrogen) atoms. The number of hydrogen-bond donors (Lipinski definition) is 0. The van der Waals surface area contributed by atoms with E-state index in [4.69, 9.17) is 9.97 Å². The number of fused-ring (bicyclic) bond motifs is 1. The Morgan fingerprint density at radius 1 is 0.750 bits per heavy atom. The van der Waals surface area contributed by atoms with Crippen LogP contribution >= 0.6 is 0 Å². The summed E-state index contributed by atoms with van der Waals surface area (Å²) in [6, 6.07) is 26.0. The fraction of sp³-hybridized carbons (Fsp3) is 0.222. The summed E-state index contributed by atoms with van der Waals surface area (Å²) in [4.78, 5) is 27.4. The lowest BCUT2D eigenvalue weighted by Crippen LogP contribution is -2.35. The largest absolute Gasteiger partial charge is 0.353 e. The molecule has 0 atom stereocenters. The minimum atomic E-state index is 0.109. The van der Waals surface area contributed by atoms with Crippen LogP contribution in [-0.4, -0.2) is 47.0 Å². The molecule has 0 aliphatic carbocycles. The van der Waals surface area contributed by atoms with Crippen molar-refractivity contribution in [1.82, 2.24) is 14.9 Å². The molecule has 3 aromatic carbocycles. The zero-order chi connectivity index (χ0) is 21.9. The van der Waals surface area contributed by atoms with E-state index >= 15 is 0 Å². The topological polar surface area (TPSA) is 49.3 Å². The van der Waals surface area contributed by atoms with Crippen LogP contribution in [0.5, 0.6) is 0 Å². The second-order valence-electron chi connectivity index (χ2n) is 8.20. The average Bonchev–Trinajstić information content (AvgIpc) is 3.10. The number of aryl methyl sites for hydroxylation is 1. The molecule has 1 aliphatic heterocycles. The molecule has 1 saturated heterocycles. The number of aromatic nitrogens is 2. The van der Waals surface area contributed by atoms with Gasteiger partial charge in [-0.3, -0.25) is 4.79 Å². The smallest absolute Gasteiger partial charge is 0.254 e. The molecule has 1 amide bonds. The number of hydrogen-bond acceptors (Lipinski definition) is 4. The van der Waals surface area contributed by atoms with E-state index in [9.17, 15) is 4.79 Å². The molecule has 0 saturated carbocycles. The Kier molecular flexibility index (Phi) is 5.55. The van der Waals surface area contributed by atoms with Gasteiger partial charge in [-0.15, -0.1) is 0 Å². The van der Waals surface area contributed by atoms with Crippen LogP contribution in [0.3, 0.4) is 0 Å². The van der Waals surface area contributed by atoms with Gasteiger partial charge in [-0.05, 0) is 37.1 Å². The average molecular weight is 423 g/mol. The maximum absolute atomic E-state index is 13.2. The molecule has 0 unspecified atom stereocenters. The van der Waals surface area contributed by atoms with E-state index in [1.807, 2.05) is 78.6 Å². The van der Waals surface area contributed by atoms with Crippen LogP contribution in [0.15, 0.2) is 78.9 Å². The maximum atomic E-state index is 13.2. The minimum Gasteiger partial charge on any atom is -0.353 e. The van der Waals surface area contributed by atoms with Crippen LogP contribution in [0, 0.1) is 6.92 Å². The number of carbonyl (C=O) groups is 1. The van der Waals surface area contributed by atoms with Gasteiger partial charge in [0.25, 0.3) is 5.91 Å². The second kappa shape index (κ2) is 8.79. The lowest BCUT2D eigenvalue weighted by atomic mass is 10.1. The van der Waals surface area contributed by atoms with Gasteiger partial charge in [0.15, 0.2) is 5.82 Å². The number of amides is 1.